The van der Waals surface area contributed by atoms with Gasteiger partial charge >= 0.3 is 0 Å². The first-order valence-electron chi connectivity index (χ1n) is 10.7. The van der Waals surface area contributed by atoms with Crippen molar-refractivity contribution >= 4 is 27.3 Å². The molecule has 2 atom stereocenters. The van der Waals surface area contributed by atoms with Crippen molar-refractivity contribution in [2.24, 2.45) is 11.8 Å². The summed E-state index contributed by atoms with van der Waals surface area (Å²) in [5.74, 6) is 1.44. The number of rotatable bonds is 7. The molecule has 1 aliphatic carbocycles. The second-order valence-corrected chi connectivity index (χ2v) is 11.5. The number of nitrogens with zero attached hydrogens (tertiary/aromatic N) is 1. The Hall–Kier alpha value is -0.960. The van der Waals surface area contributed by atoms with Crippen molar-refractivity contribution in [3.8, 4) is 0 Å². The number of ether oxygens (including phenoxy) is 1. The third-order valence-corrected chi connectivity index (χ3v) is 7.89. The fraction of sp³-hybridized carbons (Fsp3) is 0.762. The van der Waals surface area contributed by atoms with Crippen LogP contribution in [0.1, 0.15) is 62.0 Å². The average Bonchev–Trinajstić information content (AvgIpc) is 3.20. The van der Waals surface area contributed by atoms with Gasteiger partial charge < -0.3 is 9.64 Å². The average molecular weight is 443 g/mol. The van der Waals surface area contributed by atoms with Gasteiger partial charge in [0.15, 0.2) is 0 Å². The molecule has 2 fully saturated rings. The zero-order valence-electron chi connectivity index (χ0n) is 17.7. The highest BCUT2D eigenvalue weighted by molar-refractivity contribution is 7.88. The monoisotopic (exact) mass is 442 g/mol. The van der Waals surface area contributed by atoms with Gasteiger partial charge in [0.1, 0.15) is 0 Å². The Kier molecular flexibility index (Phi) is 7.75. The maximum atomic E-state index is 13.1. The quantitative estimate of drug-likeness (QED) is 0.701. The lowest BCUT2D eigenvalue weighted by atomic mass is 9.80. The molecule has 29 heavy (non-hydrogen) atoms. The van der Waals surface area contributed by atoms with Gasteiger partial charge in [0, 0.05) is 12.6 Å². The molecular formula is C21H34N2O4S2. The number of hydrogen-bond acceptors (Lipinski definition) is 5. The van der Waals surface area contributed by atoms with Crippen LogP contribution in [-0.2, 0) is 14.8 Å². The smallest absolute Gasteiger partial charge is 0.264 e. The Bertz CT molecular complexity index is 756. The van der Waals surface area contributed by atoms with E-state index >= 15 is 0 Å². The molecule has 2 aliphatic rings. The van der Waals surface area contributed by atoms with Gasteiger partial charge in [-0.3, -0.25) is 4.79 Å². The molecule has 0 radical (unpaired) electrons. The number of likely N-dealkylation sites (tertiary alicyclic amines) is 1. The van der Waals surface area contributed by atoms with Crippen molar-refractivity contribution in [1.82, 2.24) is 9.62 Å². The number of piperidine rings is 1. The molecule has 0 unspecified atom stereocenters. The molecule has 2 heterocycles. The third-order valence-electron chi connectivity index (χ3n) is 6.30. The summed E-state index contributed by atoms with van der Waals surface area (Å²) in [4.78, 5) is 15.6. The van der Waals surface area contributed by atoms with Crippen LogP contribution in [0.25, 0.3) is 0 Å². The second kappa shape index (κ2) is 9.90. The molecule has 6 nitrogen and oxygen atoms in total. The summed E-state index contributed by atoms with van der Waals surface area (Å²) in [6, 6.07) is 3.10. The Morgan fingerprint density at radius 1 is 1.28 bits per heavy atom. The number of carbonyl (C=O) groups excluding carboxylic acids is 1. The van der Waals surface area contributed by atoms with Crippen LogP contribution in [-0.4, -0.2) is 56.8 Å². The summed E-state index contributed by atoms with van der Waals surface area (Å²) in [6.07, 6.45) is 7.31. The van der Waals surface area contributed by atoms with Gasteiger partial charge in [-0.2, -0.15) is 0 Å². The normalized spacial score (nSPS) is 28.6. The maximum Gasteiger partial charge on any atom is 0.264 e. The second-order valence-electron chi connectivity index (χ2n) is 8.80. The lowest BCUT2D eigenvalue weighted by Gasteiger charge is -2.42. The number of amides is 1. The van der Waals surface area contributed by atoms with E-state index in [4.69, 9.17) is 4.74 Å². The predicted molar refractivity (Wildman–Crippen MR) is 117 cm³/mol. The van der Waals surface area contributed by atoms with Crippen molar-refractivity contribution < 1.29 is 17.9 Å². The molecule has 1 aliphatic heterocycles. The number of carbonyl (C=O) groups is 1. The zero-order chi connectivity index (χ0) is 21.0. The van der Waals surface area contributed by atoms with Crippen LogP contribution < -0.4 is 4.72 Å². The largest absolute Gasteiger partial charge is 0.376 e. The van der Waals surface area contributed by atoms with E-state index in [1.54, 1.807) is 0 Å². The third kappa shape index (κ3) is 6.26. The molecule has 1 amide bonds. The van der Waals surface area contributed by atoms with Gasteiger partial charge in [-0.25, -0.2) is 13.1 Å². The molecule has 8 heteroatoms. The van der Waals surface area contributed by atoms with Crippen LogP contribution in [0, 0.1) is 11.8 Å². The van der Waals surface area contributed by atoms with Crippen LogP contribution in [0.4, 0.5) is 0 Å². The molecule has 0 bridgehead atoms. The van der Waals surface area contributed by atoms with E-state index in [9.17, 15) is 13.2 Å². The fourth-order valence-electron chi connectivity index (χ4n) is 4.63. The highest BCUT2D eigenvalue weighted by atomic mass is 32.2. The van der Waals surface area contributed by atoms with E-state index in [0.29, 0.717) is 23.9 Å². The minimum atomic E-state index is -3.36. The maximum absolute atomic E-state index is 13.1. The molecule has 1 saturated carbocycles. The van der Waals surface area contributed by atoms with E-state index in [2.05, 4.69) is 18.6 Å². The minimum Gasteiger partial charge on any atom is -0.376 e. The molecule has 1 N–H and O–H groups in total. The van der Waals surface area contributed by atoms with Crippen molar-refractivity contribution in [1.29, 1.82) is 0 Å². The Labute approximate surface area is 179 Å². The van der Waals surface area contributed by atoms with E-state index < -0.39 is 10.0 Å². The number of hydrogen-bond donors (Lipinski definition) is 1. The van der Waals surface area contributed by atoms with Gasteiger partial charge in [0.25, 0.3) is 5.91 Å². The first kappa shape index (κ1) is 22.7. The van der Waals surface area contributed by atoms with E-state index in [1.165, 1.54) is 30.4 Å². The molecule has 164 valence electrons. The SMILES string of the molecule is CC(C)[C@H]1CC[C@@H](OC[C@H]2[C@@H](NS(C)(=O)=O)CCCN2C(=O)c2cccs2)CC1. The van der Waals surface area contributed by atoms with Crippen molar-refractivity contribution in [3.05, 3.63) is 22.4 Å². The highest BCUT2D eigenvalue weighted by Crippen LogP contribution is 2.32. The van der Waals surface area contributed by atoms with E-state index in [1.807, 2.05) is 22.4 Å². The summed E-state index contributed by atoms with van der Waals surface area (Å²) in [7, 11) is -3.36. The topological polar surface area (TPSA) is 75.7 Å². The van der Waals surface area contributed by atoms with Crippen LogP contribution in [0.5, 0.6) is 0 Å². The Morgan fingerprint density at radius 3 is 2.59 bits per heavy atom. The Balaban J connectivity index is 1.68. The van der Waals surface area contributed by atoms with Crippen LogP contribution in [0.3, 0.4) is 0 Å². The van der Waals surface area contributed by atoms with E-state index in [-0.39, 0.29) is 24.1 Å². The van der Waals surface area contributed by atoms with Gasteiger partial charge in [-0.05, 0) is 61.8 Å². The van der Waals surface area contributed by atoms with Crippen LogP contribution in [0.2, 0.25) is 0 Å². The predicted octanol–water partition coefficient (Wildman–Crippen LogP) is 3.50. The molecule has 1 aromatic rings. The standard InChI is InChI=1S/C21H34N2O4S2/c1-15(2)16-8-10-17(11-9-16)27-14-19-18(22-29(3,25)26)6-4-12-23(19)21(24)20-7-5-13-28-20/h5,7,13,15-19,22H,4,6,8-12,14H2,1-3H3/t16-,17+,18-,19-/m0/s1. The summed E-state index contributed by atoms with van der Waals surface area (Å²) in [5.41, 5.74) is 0. The van der Waals surface area contributed by atoms with Crippen molar-refractivity contribution in [2.45, 2.75) is 70.6 Å². The highest BCUT2D eigenvalue weighted by Gasteiger charge is 2.37. The minimum absolute atomic E-state index is 0.0304. The van der Waals surface area contributed by atoms with Gasteiger partial charge in [0.2, 0.25) is 10.0 Å². The van der Waals surface area contributed by atoms with Gasteiger partial charge in [0.05, 0.1) is 29.9 Å². The van der Waals surface area contributed by atoms with Crippen molar-refractivity contribution in [2.75, 3.05) is 19.4 Å². The van der Waals surface area contributed by atoms with E-state index in [0.717, 1.165) is 31.6 Å². The zero-order valence-corrected chi connectivity index (χ0v) is 19.3. The first-order valence-corrected chi connectivity index (χ1v) is 13.4. The molecule has 0 spiro atoms. The summed E-state index contributed by atoms with van der Waals surface area (Å²) < 4.78 is 32.8. The fourth-order valence-corrected chi connectivity index (χ4v) is 6.13. The number of sulfonamides is 1. The molecule has 3 rings (SSSR count). The first-order chi connectivity index (χ1) is 13.7. The summed E-state index contributed by atoms with van der Waals surface area (Å²) in [5, 5.41) is 1.89. The lowest BCUT2D eigenvalue weighted by Crippen LogP contribution is -2.59. The van der Waals surface area contributed by atoms with Gasteiger partial charge in [-0.15, -0.1) is 11.3 Å². The number of thiophene rings is 1. The molecule has 0 aromatic carbocycles. The summed E-state index contributed by atoms with van der Waals surface area (Å²) >= 11 is 1.42. The molecule has 1 aromatic heterocycles. The van der Waals surface area contributed by atoms with Crippen LogP contribution >= 0.6 is 11.3 Å². The molecular weight excluding hydrogens is 408 g/mol. The summed E-state index contributed by atoms with van der Waals surface area (Å²) in [6.45, 7) is 5.57. The molecule has 1 saturated heterocycles. The van der Waals surface area contributed by atoms with Gasteiger partial charge in [-0.1, -0.05) is 19.9 Å². The Morgan fingerprint density at radius 2 is 2.00 bits per heavy atom. The number of nitrogens with one attached hydrogen (secondary N) is 1. The van der Waals surface area contributed by atoms with Crippen molar-refractivity contribution in [3.63, 3.8) is 0 Å². The van der Waals surface area contributed by atoms with Crippen LogP contribution in [0.15, 0.2) is 17.5 Å². The lowest BCUT2D eigenvalue weighted by molar-refractivity contribution is -0.0281.